The van der Waals surface area contributed by atoms with Crippen LogP contribution in [-0.4, -0.2) is 60.1 Å². The highest BCUT2D eigenvalue weighted by Gasteiger charge is 2.21. The van der Waals surface area contributed by atoms with Crippen molar-refractivity contribution in [3.8, 4) is 0 Å². The van der Waals surface area contributed by atoms with E-state index in [1.54, 1.807) is 6.07 Å². The minimum absolute atomic E-state index is 0.00642. The van der Waals surface area contributed by atoms with Crippen LogP contribution in [0.5, 0.6) is 0 Å². The predicted octanol–water partition coefficient (Wildman–Crippen LogP) is 4.24. The second-order valence-electron chi connectivity index (χ2n) is 7.59. The van der Waals surface area contributed by atoms with E-state index in [9.17, 15) is 9.59 Å². The number of carbonyl (C=O) groups is 2. The van der Waals surface area contributed by atoms with Crippen molar-refractivity contribution in [2.45, 2.75) is 24.8 Å². The van der Waals surface area contributed by atoms with Crippen molar-refractivity contribution in [2.75, 3.05) is 38.5 Å². The SMILES string of the molecule is Cc1cc(SCC(=O)N2CCCN(CC(=O)NCc3ccccc3)CC2)c(Cl)cc1Cl. The van der Waals surface area contributed by atoms with Gasteiger partial charge in [0.1, 0.15) is 0 Å². The van der Waals surface area contributed by atoms with Crippen LogP contribution in [0.1, 0.15) is 17.5 Å². The predicted molar refractivity (Wildman–Crippen MR) is 128 cm³/mol. The molecule has 2 aromatic rings. The van der Waals surface area contributed by atoms with E-state index in [4.69, 9.17) is 23.2 Å². The number of benzene rings is 2. The third kappa shape index (κ3) is 7.42. The highest BCUT2D eigenvalue weighted by molar-refractivity contribution is 8.00. The Morgan fingerprint density at radius 3 is 2.58 bits per heavy atom. The summed E-state index contributed by atoms with van der Waals surface area (Å²) in [4.78, 5) is 29.9. The molecule has 0 aromatic heterocycles. The molecule has 0 spiro atoms. The summed E-state index contributed by atoms with van der Waals surface area (Å²) in [6.07, 6.45) is 0.850. The molecule has 1 N–H and O–H groups in total. The average molecular weight is 480 g/mol. The standard InChI is InChI=1S/C23H27Cl2N3O2S/c1-17-12-21(20(25)13-19(17)24)31-16-23(30)28-9-5-8-27(10-11-28)15-22(29)26-14-18-6-3-2-4-7-18/h2-4,6-7,12-13H,5,8-11,14-16H2,1H3,(H,26,29). The maximum atomic E-state index is 12.7. The van der Waals surface area contributed by atoms with E-state index in [0.717, 1.165) is 29.0 Å². The van der Waals surface area contributed by atoms with Crippen molar-refractivity contribution in [1.29, 1.82) is 0 Å². The summed E-state index contributed by atoms with van der Waals surface area (Å²) in [6, 6.07) is 13.5. The number of rotatable bonds is 7. The third-order valence-corrected chi connectivity index (χ3v) is 7.08. The molecular weight excluding hydrogens is 453 g/mol. The van der Waals surface area contributed by atoms with Crippen molar-refractivity contribution in [1.82, 2.24) is 15.1 Å². The molecule has 31 heavy (non-hydrogen) atoms. The molecule has 1 aliphatic rings. The zero-order valence-corrected chi connectivity index (χ0v) is 19.9. The summed E-state index contributed by atoms with van der Waals surface area (Å²) in [5, 5.41) is 4.16. The maximum Gasteiger partial charge on any atom is 0.234 e. The highest BCUT2D eigenvalue weighted by Crippen LogP contribution is 2.32. The van der Waals surface area contributed by atoms with Gasteiger partial charge in [-0.25, -0.2) is 0 Å². The molecule has 0 unspecified atom stereocenters. The summed E-state index contributed by atoms with van der Waals surface area (Å²) in [6.45, 7) is 5.62. The summed E-state index contributed by atoms with van der Waals surface area (Å²) in [7, 11) is 0. The summed E-state index contributed by atoms with van der Waals surface area (Å²) in [5.41, 5.74) is 2.02. The zero-order chi connectivity index (χ0) is 22.2. The van der Waals surface area contributed by atoms with Gasteiger partial charge in [-0.1, -0.05) is 53.5 Å². The number of thioether (sulfide) groups is 1. The molecule has 166 valence electrons. The van der Waals surface area contributed by atoms with E-state index in [2.05, 4.69) is 10.2 Å². The van der Waals surface area contributed by atoms with Crippen LogP contribution >= 0.6 is 35.0 Å². The number of aryl methyl sites for hydroxylation is 1. The Hall–Kier alpha value is -1.73. The minimum Gasteiger partial charge on any atom is -0.351 e. The van der Waals surface area contributed by atoms with Crippen LogP contribution in [0, 0.1) is 6.92 Å². The lowest BCUT2D eigenvalue weighted by Gasteiger charge is -2.22. The Labute approximate surface area is 198 Å². The Kier molecular flexibility index (Phi) is 9.08. The van der Waals surface area contributed by atoms with Crippen LogP contribution in [0.3, 0.4) is 0 Å². The first-order chi connectivity index (χ1) is 14.9. The van der Waals surface area contributed by atoms with Gasteiger partial charge in [0.25, 0.3) is 0 Å². The van der Waals surface area contributed by atoms with Crippen molar-refractivity contribution >= 4 is 46.8 Å². The molecule has 3 rings (SSSR count). The van der Waals surface area contributed by atoms with Crippen molar-refractivity contribution in [3.63, 3.8) is 0 Å². The second-order valence-corrected chi connectivity index (χ2v) is 9.42. The van der Waals surface area contributed by atoms with Gasteiger partial charge in [0.2, 0.25) is 11.8 Å². The van der Waals surface area contributed by atoms with Gasteiger partial charge in [0.05, 0.1) is 17.3 Å². The van der Waals surface area contributed by atoms with E-state index in [1.165, 1.54) is 11.8 Å². The van der Waals surface area contributed by atoms with Crippen molar-refractivity contribution < 1.29 is 9.59 Å². The van der Waals surface area contributed by atoms with Crippen LogP contribution in [-0.2, 0) is 16.1 Å². The fourth-order valence-corrected chi connectivity index (χ4v) is 4.87. The Morgan fingerprint density at radius 1 is 1.03 bits per heavy atom. The van der Waals surface area contributed by atoms with Crippen LogP contribution < -0.4 is 5.32 Å². The Balaban J connectivity index is 1.43. The second kappa shape index (κ2) is 11.8. The molecule has 0 saturated carbocycles. The van der Waals surface area contributed by atoms with Crippen LogP contribution in [0.25, 0.3) is 0 Å². The quantitative estimate of drug-likeness (QED) is 0.603. The summed E-state index contributed by atoms with van der Waals surface area (Å²) < 4.78 is 0. The number of nitrogens with one attached hydrogen (secondary N) is 1. The van der Waals surface area contributed by atoms with Crippen LogP contribution in [0.15, 0.2) is 47.4 Å². The molecule has 0 atom stereocenters. The molecule has 2 aromatic carbocycles. The zero-order valence-electron chi connectivity index (χ0n) is 17.6. The topological polar surface area (TPSA) is 52.7 Å². The smallest absolute Gasteiger partial charge is 0.234 e. The molecule has 1 fully saturated rings. The van der Waals surface area contributed by atoms with Gasteiger partial charge in [-0.05, 0) is 36.6 Å². The van der Waals surface area contributed by atoms with E-state index in [0.29, 0.717) is 48.5 Å². The van der Waals surface area contributed by atoms with Gasteiger partial charge >= 0.3 is 0 Å². The van der Waals surface area contributed by atoms with Crippen LogP contribution in [0.4, 0.5) is 0 Å². The average Bonchev–Trinajstić information content (AvgIpc) is 3.00. The van der Waals surface area contributed by atoms with Crippen molar-refractivity contribution in [2.24, 2.45) is 0 Å². The Morgan fingerprint density at radius 2 is 1.81 bits per heavy atom. The van der Waals surface area contributed by atoms with Crippen LogP contribution in [0.2, 0.25) is 10.0 Å². The maximum absolute atomic E-state index is 12.7. The number of hydrogen-bond donors (Lipinski definition) is 1. The van der Waals surface area contributed by atoms with Gasteiger partial charge in [-0.2, -0.15) is 0 Å². The summed E-state index contributed by atoms with van der Waals surface area (Å²) in [5.74, 6) is 0.425. The molecule has 1 heterocycles. The first-order valence-corrected chi connectivity index (χ1v) is 12.1. The molecule has 5 nitrogen and oxygen atoms in total. The van der Waals surface area contributed by atoms with E-state index < -0.39 is 0 Å². The van der Waals surface area contributed by atoms with Crippen molar-refractivity contribution in [3.05, 3.63) is 63.6 Å². The fraction of sp³-hybridized carbons (Fsp3) is 0.391. The molecule has 0 bridgehead atoms. The normalized spacial score (nSPS) is 14.9. The molecule has 1 saturated heterocycles. The Bertz CT molecular complexity index is 911. The molecular formula is C23H27Cl2N3O2S. The molecule has 2 amide bonds. The van der Waals surface area contributed by atoms with Gasteiger partial charge in [-0.3, -0.25) is 14.5 Å². The lowest BCUT2D eigenvalue weighted by molar-refractivity contribution is -0.128. The number of nitrogens with zero attached hydrogens (tertiary/aromatic N) is 2. The largest absolute Gasteiger partial charge is 0.351 e. The minimum atomic E-state index is 0.00642. The van der Waals surface area contributed by atoms with Gasteiger partial charge in [0.15, 0.2) is 0 Å². The monoisotopic (exact) mass is 479 g/mol. The number of amides is 2. The van der Waals surface area contributed by atoms with Gasteiger partial charge < -0.3 is 10.2 Å². The van der Waals surface area contributed by atoms with E-state index in [-0.39, 0.29) is 11.8 Å². The molecule has 0 aliphatic carbocycles. The number of halogens is 2. The fourth-order valence-electron chi connectivity index (χ4n) is 3.41. The first kappa shape index (κ1) is 23.9. The summed E-state index contributed by atoms with van der Waals surface area (Å²) >= 11 is 13.8. The number of carbonyl (C=O) groups excluding carboxylic acids is 2. The molecule has 0 radical (unpaired) electrons. The highest BCUT2D eigenvalue weighted by atomic mass is 35.5. The van der Waals surface area contributed by atoms with Gasteiger partial charge in [-0.15, -0.1) is 11.8 Å². The third-order valence-electron chi connectivity index (χ3n) is 5.21. The number of hydrogen-bond acceptors (Lipinski definition) is 4. The molecule has 1 aliphatic heterocycles. The lowest BCUT2D eigenvalue weighted by atomic mass is 10.2. The van der Waals surface area contributed by atoms with E-state index >= 15 is 0 Å². The molecule has 8 heteroatoms. The van der Waals surface area contributed by atoms with Gasteiger partial charge in [0, 0.05) is 42.6 Å². The first-order valence-electron chi connectivity index (χ1n) is 10.3. The van der Waals surface area contributed by atoms with E-state index in [1.807, 2.05) is 48.2 Å². The lowest BCUT2D eigenvalue weighted by Crippen LogP contribution is -2.40.